The summed E-state index contributed by atoms with van der Waals surface area (Å²) in [5.41, 5.74) is 6.02. The second-order valence-electron chi connectivity index (χ2n) is 5.94. The fraction of sp³-hybridized carbons (Fsp3) is 1.00. The summed E-state index contributed by atoms with van der Waals surface area (Å²) < 4.78 is 5.65. The van der Waals surface area contributed by atoms with E-state index in [4.69, 9.17) is 10.5 Å². The van der Waals surface area contributed by atoms with Crippen LogP contribution in [0.2, 0.25) is 0 Å². The minimum atomic E-state index is 0.0954. The van der Waals surface area contributed by atoms with Crippen LogP contribution in [-0.4, -0.2) is 31.3 Å². The van der Waals surface area contributed by atoms with Crippen LogP contribution in [0.25, 0.3) is 0 Å². The largest absolute Gasteiger partial charge is 0.377 e. The lowest BCUT2D eigenvalue weighted by Crippen LogP contribution is -2.51. The topological polar surface area (TPSA) is 47.3 Å². The molecule has 0 aliphatic carbocycles. The second-order valence-corrected chi connectivity index (χ2v) is 5.94. The summed E-state index contributed by atoms with van der Waals surface area (Å²) in [6.07, 6.45) is 10.7. The molecule has 2 unspecified atom stereocenters. The van der Waals surface area contributed by atoms with Crippen molar-refractivity contribution in [2.24, 2.45) is 5.73 Å². The first-order chi connectivity index (χ1) is 8.70. The van der Waals surface area contributed by atoms with Gasteiger partial charge in [0, 0.05) is 25.2 Å². The molecular formula is C15H32N2O. The van der Waals surface area contributed by atoms with Crippen molar-refractivity contribution < 1.29 is 4.74 Å². The minimum Gasteiger partial charge on any atom is -0.377 e. The Kier molecular flexibility index (Phi) is 7.87. The molecule has 3 heteroatoms. The van der Waals surface area contributed by atoms with E-state index >= 15 is 0 Å². The van der Waals surface area contributed by atoms with Crippen LogP contribution in [0.1, 0.15) is 65.2 Å². The van der Waals surface area contributed by atoms with Crippen molar-refractivity contribution >= 4 is 0 Å². The third-order valence-corrected chi connectivity index (χ3v) is 4.06. The molecule has 108 valence electrons. The minimum absolute atomic E-state index is 0.0954. The van der Waals surface area contributed by atoms with Crippen LogP contribution in [0, 0.1) is 0 Å². The normalized spacial score (nSPS) is 23.2. The van der Waals surface area contributed by atoms with Crippen LogP contribution in [0.4, 0.5) is 0 Å². The van der Waals surface area contributed by atoms with E-state index in [-0.39, 0.29) is 5.54 Å². The first kappa shape index (κ1) is 15.9. The molecule has 1 aliphatic rings. The van der Waals surface area contributed by atoms with E-state index in [9.17, 15) is 0 Å². The summed E-state index contributed by atoms with van der Waals surface area (Å²) in [6, 6.07) is 0. The summed E-state index contributed by atoms with van der Waals surface area (Å²) in [7, 11) is 0. The van der Waals surface area contributed by atoms with Crippen LogP contribution in [0.5, 0.6) is 0 Å². The molecule has 1 rings (SSSR count). The smallest absolute Gasteiger partial charge is 0.0700 e. The van der Waals surface area contributed by atoms with E-state index in [0.717, 1.165) is 13.2 Å². The monoisotopic (exact) mass is 256 g/mol. The van der Waals surface area contributed by atoms with Gasteiger partial charge in [0.05, 0.1) is 6.10 Å². The molecule has 0 aromatic heterocycles. The quantitative estimate of drug-likeness (QED) is 0.591. The predicted molar refractivity (Wildman–Crippen MR) is 77.8 cm³/mol. The molecule has 0 amide bonds. The first-order valence-electron chi connectivity index (χ1n) is 7.77. The Morgan fingerprint density at radius 1 is 1.28 bits per heavy atom. The Labute approximate surface area is 113 Å². The molecular weight excluding hydrogens is 224 g/mol. The van der Waals surface area contributed by atoms with Gasteiger partial charge in [-0.1, -0.05) is 39.0 Å². The molecule has 0 saturated carbocycles. The summed E-state index contributed by atoms with van der Waals surface area (Å²) in [5, 5.41) is 3.63. The number of unbranched alkanes of at least 4 members (excludes halogenated alkanes) is 4. The SMILES string of the molecule is CCCCCCCC(C)(CN)NCC1CCCO1. The lowest BCUT2D eigenvalue weighted by molar-refractivity contribution is 0.101. The number of hydrogen-bond donors (Lipinski definition) is 2. The zero-order chi connectivity index (χ0) is 13.3. The number of rotatable bonds is 10. The lowest BCUT2D eigenvalue weighted by Gasteiger charge is -2.31. The van der Waals surface area contributed by atoms with E-state index in [2.05, 4.69) is 19.2 Å². The van der Waals surface area contributed by atoms with E-state index in [0.29, 0.717) is 12.6 Å². The fourth-order valence-electron chi connectivity index (χ4n) is 2.55. The summed E-state index contributed by atoms with van der Waals surface area (Å²) in [6.45, 7) is 7.12. The molecule has 1 aliphatic heterocycles. The molecule has 18 heavy (non-hydrogen) atoms. The standard InChI is InChI=1S/C15H32N2O/c1-3-4-5-6-7-10-15(2,13-16)17-12-14-9-8-11-18-14/h14,17H,3-13,16H2,1-2H3. The Balaban J connectivity index is 2.14. The maximum atomic E-state index is 5.93. The summed E-state index contributed by atoms with van der Waals surface area (Å²) in [5.74, 6) is 0. The Morgan fingerprint density at radius 3 is 2.67 bits per heavy atom. The van der Waals surface area contributed by atoms with Gasteiger partial charge in [-0.15, -0.1) is 0 Å². The summed E-state index contributed by atoms with van der Waals surface area (Å²) in [4.78, 5) is 0. The number of hydrogen-bond acceptors (Lipinski definition) is 3. The number of ether oxygens (including phenoxy) is 1. The van der Waals surface area contributed by atoms with Crippen molar-refractivity contribution in [2.45, 2.75) is 76.9 Å². The Bertz CT molecular complexity index is 205. The first-order valence-corrected chi connectivity index (χ1v) is 7.77. The van der Waals surface area contributed by atoms with Crippen LogP contribution in [-0.2, 0) is 4.74 Å². The van der Waals surface area contributed by atoms with Gasteiger partial charge in [0.1, 0.15) is 0 Å². The fourth-order valence-corrected chi connectivity index (χ4v) is 2.55. The highest BCUT2D eigenvalue weighted by Crippen LogP contribution is 2.17. The Morgan fingerprint density at radius 2 is 2.06 bits per heavy atom. The molecule has 3 nitrogen and oxygen atoms in total. The van der Waals surface area contributed by atoms with Crippen molar-refractivity contribution in [1.29, 1.82) is 0 Å². The third kappa shape index (κ3) is 6.17. The van der Waals surface area contributed by atoms with Crippen molar-refractivity contribution in [3.63, 3.8) is 0 Å². The van der Waals surface area contributed by atoms with Gasteiger partial charge < -0.3 is 15.8 Å². The van der Waals surface area contributed by atoms with Crippen molar-refractivity contribution in [3.05, 3.63) is 0 Å². The molecule has 0 aromatic rings. The molecule has 0 bridgehead atoms. The van der Waals surface area contributed by atoms with E-state index < -0.39 is 0 Å². The third-order valence-electron chi connectivity index (χ3n) is 4.06. The van der Waals surface area contributed by atoms with Crippen molar-refractivity contribution in [1.82, 2.24) is 5.32 Å². The van der Waals surface area contributed by atoms with Crippen LogP contribution in [0.15, 0.2) is 0 Å². The van der Waals surface area contributed by atoms with Crippen LogP contribution in [0.3, 0.4) is 0 Å². The van der Waals surface area contributed by atoms with E-state index in [1.807, 2.05) is 0 Å². The van der Waals surface area contributed by atoms with Gasteiger partial charge in [-0.25, -0.2) is 0 Å². The molecule has 3 N–H and O–H groups in total. The molecule has 0 radical (unpaired) electrons. The predicted octanol–water partition coefficient (Wildman–Crippen LogP) is 2.83. The highest BCUT2D eigenvalue weighted by atomic mass is 16.5. The summed E-state index contributed by atoms with van der Waals surface area (Å²) >= 11 is 0. The molecule has 1 saturated heterocycles. The molecule has 0 spiro atoms. The van der Waals surface area contributed by atoms with Gasteiger partial charge in [0.2, 0.25) is 0 Å². The highest BCUT2D eigenvalue weighted by Gasteiger charge is 2.24. The zero-order valence-electron chi connectivity index (χ0n) is 12.3. The van der Waals surface area contributed by atoms with E-state index in [1.165, 1.54) is 51.4 Å². The molecule has 2 atom stereocenters. The zero-order valence-corrected chi connectivity index (χ0v) is 12.3. The Hall–Kier alpha value is -0.120. The van der Waals surface area contributed by atoms with Crippen LogP contribution >= 0.6 is 0 Å². The average molecular weight is 256 g/mol. The molecule has 1 fully saturated rings. The number of nitrogens with one attached hydrogen (secondary N) is 1. The van der Waals surface area contributed by atoms with Gasteiger partial charge >= 0.3 is 0 Å². The van der Waals surface area contributed by atoms with Crippen LogP contribution < -0.4 is 11.1 Å². The average Bonchev–Trinajstić information content (AvgIpc) is 2.89. The van der Waals surface area contributed by atoms with Gasteiger partial charge in [-0.3, -0.25) is 0 Å². The molecule has 1 heterocycles. The second kappa shape index (κ2) is 8.89. The molecule has 0 aromatic carbocycles. The lowest BCUT2D eigenvalue weighted by atomic mass is 9.93. The highest BCUT2D eigenvalue weighted by molar-refractivity contribution is 4.85. The van der Waals surface area contributed by atoms with Crippen molar-refractivity contribution in [3.8, 4) is 0 Å². The van der Waals surface area contributed by atoms with Gasteiger partial charge in [-0.05, 0) is 26.2 Å². The van der Waals surface area contributed by atoms with Crippen molar-refractivity contribution in [2.75, 3.05) is 19.7 Å². The van der Waals surface area contributed by atoms with Gasteiger partial charge in [0.25, 0.3) is 0 Å². The van der Waals surface area contributed by atoms with E-state index in [1.54, 1.807) is 0 Å². The number of nitrogens with two attached hydrogens (primary N) is 1. The van der Waals surface area contributed by atoms with Gasteiger partial charge in [0.15, 0.2) is 0 Å². The van der Waals surface area contributed by atoms with Gasteiger partial charge in [-0.2, -0.15) is 0 Å². The maximum Gasteiger partial charge on any atom is 0.0700 e. The maximum absolute atomic E-state index is 5.93.